The summed E-state index contributed by atoms with van der Waals surface area (Å²) in [5.41, 5.74) is 6.03. The van der Waals surface area contributed by atoms with Crippen molar-refractivity contribution in [2.24, 2.45) is 7.05 Å². The number of hydrogen-bond donors (Lipinski definition) is 1. The van der Waals surface area contributed by atoms with E-state index in [1.807, 2.05) is 25.7 Å². The van der Waals surface area contributed by atoms with Gasteiger partial charge in [0.25, 0.3) is 0 Å². The van der Waals surface area contributed by atoms with Crippen molar-refractivity contribution in [3.8, 4) is 0 Å². The third-order valence-corrected chi connectivity index (χ3v) is 4.65. The molecule has 0 aliphatic heterocycles. The van der Waals surface area contributed by atoms with Crippen LogP contribution in [0.5, 0.6) is 0 Å². The zero-order valence-electron chi connectivity index (χ0n) is 13.5. The highest BCUT2D eigenvalue weighted by atomic mass is 35.5. The van der Waals surface area contributed by atoms with Gasteiger partial charge in [0, 0.05) is 19.5 Å². The molecule has 0 amide bonds. The highest BCUT2D eigenvalue weighted by Gasteiger charge is 2.16. The van der Waals surface area contributed by atoms with E-state index in [-0.39, 0.29) is 0 Å². The molecule has 0 radical (unpaired) electrons. The molecule has 4 heteroatoms. The minimum absolute atomic E-state index is 0.347. The zero-order valence-corrected chi connectivity index (χ0v) is 14.3. The van der Waals surface area contributed by atoms with E-state index in [0.717, 1.165) is 29.3 Å². The summed E-state index contributed by atoms with van der Waals surface area (Å²) in [7, 11) is 3.96. The van der Waals surface area contributed by atoms with Gasteiger partial charge in [0.1, 0.15) is 0 Å². The van der Waals surface area contributed by atoms with Crippen molar-refractivity contribution < 1.29 is 0 Å². The highest BCUT2D eigenvalue weighted by molar-refractivity contribution is 6.31. The Balaban J connectivity index is 2.14. The molecule has 3 nitrogen and oxygen atoms in total. The molecule has 1 atom stereocenters. The molecule has 114 valence electrons. The Hall–Kier alpha value is -1.32. The van der Waals surface area contributed by atoms with Gasteiger partial charge in [0.05, 0.1) is 16.4 Å². The number of aromatic nitrogens is 2. The van der Waals surface area contributed by atoms with Crippen LogP contribution in [0.2, 0.25) is 5.02 Å². The van der Waals surface area contributed by atoms with Gasteiger partial charge in [-0.3, -0.25) is 4.68 Å². The van der Waals surface area contributed by atoms with Crippen molar-refractivity contribution in [1.29, 1.82) is 0 Å². The normalized spacial score (nSPS) is 12.7. The minimum atomic E-state index is 0.347. The maximum atomic E-state index is 6.35. The Morgan fingerprint density at radius 1 is 1.19 bits per heavy atom. The number of nitrogens with zero attached hydrogens (tertiary/aromatic N) is 2. The van der Waals surface area contributed by atoms with E-state index in [4.69, 9.17) is 11.6 Å². The molecule has 1 unspecified atom stereocenters. The van der Waals surface area contributed by atoms with Gasteiger partial charge >= 0.3 is 0 Å². The van der Waals surface area contributed by atoms with Crippen LogP contribution in [-0.4, -0.2) is 22.9 Å². The molecular weight excluding hydrogens is 282 g/mol. The zero-order chi connectivity index (χ0) is 15.6. The average Bonchev–Trinajstić information content (AvgIpc) is 2.68. The summed E-state index contributed by atoms with van der Waals surface area (Å²) in [5.74, 6) is 0. The second kappa shape index (κ2) is 6.63. The summed E-state index contributed by atoms with van der Waals surface area (Å²) < 4.78 is 1.89. The van der Waals surface area contributed by atoms with E-state index >= 15 is 0 Å². The van der Waals surface area contributed by atoms with Crippen molar-refractivity contribution >= 4 is 11.6 Å². The van der Waals surface area contributed by atoms with E-state index in [2.05, 4.69) is 42.5 Å². The van der Waals surface area contributed by atoms with Crippen LogP contribution in [0.15, 0.2) is 18.2 Å². The van der Waals surface area contributed by atoms with E-state index in [1.165, 1.54) is 16.7 Å². The Kier molecular flexibility index (Phi) is 5.07. The van der Waals surface area contributed by atoms with Gasteiger partial charge in [0.2, 0.25) is 0 Å². The summed E-state index contributed by atoms with van der Waals surface area (Å²) in [6.45, 7) is 6.25. The predicted octanol–water partition coefficient (Wildman–Crippen LogP) is 3.37. The summed E-state index contributed by atoms with van der Waals surface area (Å²) in [4.78, 5) is 0. The van der Waals surface area contributed by atoms with Crippen LogP contribution < -0.4 is 5.32 Å². The van der Waals surface area contributed by atoms with Gasteiger partial charge in [-0.15, -0.1) is 0 Å². The smallest absolute Gasteiger partial charge is 0.0847 e. The first kappa shape index (κ1) is 16.1. The van der Waals surface area contributed by atoms with E-state index in [0.29, 0.717) is 6.04 Å². The Morgan fingerprint density at radius 3 is 2.43 bits per heavy atom. The summed E-state index contributed by atoms with van der Waals surface area (Å²) in [6.07, 6.45) is 1.86. The first-order chi connectivity index (χ1) is 9.92. The number of nitrogens with one attached hydrogen (secondary N) is 1. The number of aryl methyl sites for hydroxylation is 4. The molecule has 1 heterocycles. The molecule has 21 heavy (non-hydrogen) atoms. The van der Waals surface area contributed by atoms with Gasteiger partial charge in [-0.25, -0.2) is 0 Å². The first-order valence-corrected chi connectivity index (χ1v) is 7.71. The molecule has 0 saturated carbocycles. The number of benzene rings is 1. The van der Waals surface area contributed by atoms with Crippen LogP contribution in [0.4, 0.5) is 0 Å². The molecule has 0 aliphatic carbocycles. The Bertz CT molecular complexity index is 631. The number of halogens is 1. The fourth-order valence-electron chi connectivity index (χ4n) is 2.63. The summed E-state index contributed by atoms with van der Waals surface area (Å²) in [5, 5.41) is 8.57. The lowest BCUT2D eigenvalue weighted by Crippen LogP contribution is -2.30. The third kappa shape index (κ3) is 3.66. The molecule has 2 rings (SSSR count). The second-order valence-electron chi connectivity index (χ2n) is 5.78. The summed E-state index contributed by atoms with van der Waals surface area (Å²) in [6, 6.07) is 7.02. The van der Waals surface area contributed by atoms with E-state index in [1.54, 1.807) is 0 Å². The topological polar surface area (TPSA) is 29.9 Å². The maximum absolute atomic E-state index is 6.35. The Morgan fingerprint density at radius 2 is 1.90 bits per heavy atom. The lowest BCUT2D eigenvalue weighted by molar-refractivity contribution is 0.533. The molecule has 0 bridgehead atoms. The van der Waals surface area contributed by atoms with Crippen molar-refractivity contribution in [2.75, 3.05) is 7.05 Å². The molecular formula is C17H24ClN3. The maximum Gasteiger partial charge on any atom is 0.0847 e. The molecule has 1 aromatic carbocycles. The van der Waals surface area contributed by atoms with Crippen molar-refractivity contribution in [2.45, 2.75) is 39.7 Å². The van der Waals surface area contributed by atoms with Gasteiger partial charge in [-0.05, 0) is 50.9 Å². The predicted molar refractivity (Wildman–Crippen MR) is 89.1 cm³/mol. The monoisotopic (exact) mass is 305 g/mol. The number of hydrogen-bond acceptors (Lipinski definition) is 2. The third-order valence-electron chi connectivity index (χ3n) is 4.16. The van der Waals surface area contributed by atoms with Crippen molar-refractivity contribution in [3.63, 3.8) is 0 Å². The van der Waals surface area contributed by atoms with Crippen LogP contribution in [0.3, 0.4) is 0 Å². The molecule has 0 spiro atoms. The lowest BCUT2D eigenvalue weighted by Gasteiger charge is -2.17. The van der Waals surface area contributed by atoms with Gasteiger partial charge in [-0.2, -0.15) is 5.10 Å². The molecule has 1 N–H and O–H groups in total. The van der Waals surface area contributed by atoms with Crippen molar-refractivity contribution in [3.05, 3.63) is 51.3 Å². The van der Waals surface area contributed by atoms with Crippen LogP contribution in [0.25, 0.3) is 0 Å². The number of likely N-dealkylation sites (N-methyl/N-ethyl adjacent to an activating group) is 1. The molecule has 0 aliphatic rings. The SMILES string of the molecule is CNC(Cc1ccc(C)c(C)c1)Cc1c(Cl)c(C)nn1C. The van der Waals surface area contributed by atoms with E-state index in [9.17, 15) is 0 Å². The fraction of sp³-hybridized carbons (Fsp3) is 0.471. The second-order valence-corrected chi connectivity index (χ2v) is 6.16. The van der Waals surface area contributed by atoms with Gasteiger partial charge in [-0.1, -0.05) is 29.8 Å². The molecule has 1 aromatic heterocycles. The van der Waals surface area contributed by atoms with Crippen molar-refractivity contribution in [1.82, 2.24) is 15.1 Å². The lowest BCUT2D eigenvalue weighted by atomic mass is 9.98. The van der Waals surface area contributed by atoms with Crippen LogP contribution >= 0.6 is 11.6 Å². The Labute approximate surface area is 132 Å². The first-order valence-electron chi connectivity index (χ1n) is 7.33. The average molecular weight is 306 g/mol. The molecule has 0 saturated heterocycles. The highest BCUT2D eigenvalue weighted by Crippen LogP contribution is 2.22. The van der Waals surface area contributed by atoms with Crippen LogP contribution in [0.1, 0.15) is 28.1 Å². The quantitative estimate of drug-likeness (QED) is 0.918. The van der Waals surface area contributed by atoms with Crippen LogP contribution in [-0.2, 0) is 19.9 Å². The van der Waals surface area contributed by atoms with Gasteiger partial charge < -0.3 is 5.32 Å². The fourth-order valence-corrected chi connectivity index (χ4v) is 2.86. The summed E-state index contributed by atoms with van der Waals surface area (Å²) >= 11 is 6.35. The van der Waals surface area contributed by atoms with Crippen LogP contribution in [0, 0.1) is 20.8 Å². The van der Waals surface area contributed by atoms with Gasteiger partial charge in [0.15, 0.2) is 0 Å². The molecule has 0 fully saturated rings. The molecule has 2 aromatic rings. The van der Waals surface area contributed by atoms with E-state index < -0.39 is 0 Å². The number of rotatable bonds is 5. The largest absolute Gasteiger partial charge is 0.316 e. The standard InChI is InChI=1S/C17H24ClN3/c1-11-6-7-14(8-12(11)2)9-15(19-4)10-16-17(18)13(3)20-21(16)5/h6-8,15,19H,9-10H2,1-5H3. The minimum Gasteiger partial charge on any atom is -0.316 e.